The van der Waals surface area contributed by atoms with Crippen LogP contribution in [0.2, 0.25) is 0 Å². The average Bonchev–Trinajstić information content (AvgIpc) is 2.25. The zero-order valence-electron chi connectivity index (χ0n) is 9.25. The predicted molar refractivity (Wildman–Crippen MR) is 63.6 cm³/mol. The standard InChI is InChI=1S/C13H12O4/c1-9-2-4-10(5-3-9)6-7-11(13(16)17)8-12(14)15/h2-8H,1H3,(H,14,15)(H,16,17). The van der Waals surface area contributed by atoms with E-state index in [2.05, 4.69) is 0 Å². The van der Waals surface area contributed by atoms with E-state index in [0.29, 0.717) is 6.08 Å². The van der Waals surface area contributed by atoms with Crippen LogP contribution >= 0.6 is 0 Å². The van der Waals surface area contributed by atoms with Crippen LogP contribution in [0.5, 0.6) is 0 Å². The molecular formula is C13H12O4. The molecule has 88 valence electrons. The van der Waals surface area contributed by atoms with E-state index in [9.17, 15) is 9.59 Å². The Kier molecular flexibility index (Phi) is 4.22. The van der Waals surface area contributed by atoms with Crippen molar-refractivity contribution in [1.82, 2.24) is 0 Å². The zero-order valence-corrected chi connectivity index (χ0v) is 9.25. The fraction of sp³-hybridized carbons (Fsp3) is 0.0769. The van der Waals surface area contributed by atoms with Gasteiger partial charge in [0.05, 0.1) is 5.57 Å². The number of benzene rings is 1. The third kappa shape index (κ3) is 4.34. The van der Waals surface area contributed by atoms with Crippen molar-refractivity contribution >= 4 is 18.0 Å². The zero-order chi connectivity index (χ0) is 12.8. The Morgan fingerprint density at radius 3 is 2.18 bits per heavy atom. The number of aliphatic carboxylic acids is 2. The summed E-state index contributed by atoms with van der Waals surface area (Å²) in [5.41, 5.74) is 1.65. The van der Waals surface area contributed by atoms with Gasteiger partial charge in [-0.1, -0.05) is 35.9 Å². The molecule has 0 aliphatic rings. The van der Waals surface area contributed by atoms with E-state index in [4.69, 9.17) is 10.2 Å². The first-order chi connectivity index (χ1) is 7.99. The topological polar surface area (TPSA) is 74.6 Å². The highest BCUT2D eigenvalue weighted by atomic mass is 16.4. The molecule has 0 aliphatic carbocycles. The van der Waals surface area contributed by atoms with E-state index in [0.717, 1.165) is 11.1 Å². The molecule has 0 saturated carbocycles. The predicted octanol–water partition coefficient (Wildman–Crippen LogP) is 2.10. The highest BCUT2D eigenvalue weighted by Gasteiger charge is 2.05. The molecule has 1 aromatic rings. The molecular weight excluding hydrogens is 220 g/mol. The van der Waals surface area contributed by atoms with Gasteiger partial charge in [-0.2, -0.15) is 0 Å². The van der Waals surface area contributed by atoms with Crippen LogP contribution in [-0.2, 0) is 9.59 Å². The highest BCUT2D eigenvalue weighted by Crippen LogP contribution is 2.07. The second-order valence-corrected chi connectivity index (χ2v) is 3.49. The van der Waals surface area contributed by atoms with Crippen molar-refractivity contribution in [3.8, 4) is 0 Å². The molecule has 0 spiro atoms. The second kappa shape index (κ2) is 5.65. The van der Waals surface area contributed by atoms with E-state index < -0.39 is 11.9 Å². The normalized spacial score (nSPS) is 11.7. The lowest BCUT2D eigenvalue weighted by Crippen LogP contribution is -2.01. The molecule has 0 aromatic heterocycles. The van der Waals surface area contributed by atoms with Crippen LogP contribution in [0.15, 0.2) is 42.0 Å². The number of aryl methyl sites for hydroxylation is 1. The van der Waals surface area contributed by atoms with Crippen molar-refractivity contribution in [3.63, 3.8) is 0 Å². The molecule has 0 fully saturated rings. The first-order valence-electron chi connectivity index (χ1n) is 4.91. The molecule has 4 nitrogen and oxygen atoms in total. The summed E-state index contributed by atoms with van der Waals surface area (Å²) in [4.78, 5) is 21.1. The maximum absolute atomic E-state index is 10.7. The maximum atomic E-state index is 10.7. The molecule has 17 heavy (non-hydrogen) atoms. The third-order valence-corrected chi connectivity index (χ3v) is 2.06. The quantitative estimate of drug-likeness (QED) is 0.615. The van der Waals surface area contributed by atoms with Crippen LogP contribution in [0.3, 0.4) is 0 Å². The number of hydrogen-bond donors (Lipinski definition) is 2. The Morgan fingerprint density at radius 2 is 1.71 bits per heavy atom. The molecule has 0 aliphatic heterocycles. The van der Waals surface area contributed by atoms with Gasteiger partial charge >= 0.3 is 11.9 Å². The molecule has 0 unspecified atom stereocenters. The van der Waals surface area contributed by atoms with Gasteiger partial charge in [-0.15, -0.1) is 0 Å². The minimum absolute atomic E-state index is 0.266. The van der Waals surface area contributed by atoms with Crippen LogP contribution in [0, 0.1) is 6.92 Å². The molecule has 0 amide bonds. The number of rotatable bonds is 4. The van der Waals surface area contributed by atoms with Crippen molar-refractivity contribution < 1.29 is 19.8 Å². The fourth-order valence-electron chi connectivity index (χ4n) is 1.18. The summed E-state index contributed by atoms with van der Waals surface area (Å²) in [5, 5.41) is 17.3. The molecule has 0 radical (unpaired) electrons. The summed E-state index contributed by atoms with van der Waals surface area (Å²) in [6.07, 6.45) is 3.48. The van der Waals surface area contributed by atoms with Gasteiger partial charge in [0.2, 0.25) is 0 Å². The first-order valence-corrected chi connectivity index (χ1v) is 4.91. The molecule has 2 N–H and O–H groups in total. The third-order valence-electron chi connectivity index (χ3n) is 2.06. The van der Waals surface area contributed by atoms with Crippen molar-refractivity contribution in [2.24, 2.45) is 0 Å². The van der Waals surface area contributed by atoms with Gasteiger partial charge in [0.25, 0.3) is 0 Å². The summed E-state index contributed by atoms with van der Waals surface area (Å²) in [6.45, 7) is 1.94. The second-order valence-electron chi connectivity index (χ2n) is 3.49. The van der Waals surface area contributed by atoms with Gasteiger partial charge in [-0.25, -0.2) is 9.59 Å². The van der Waals surface area contributed by atoms with Gasteiger partial charge in [0.15, 0.2) is 0 Å². The van der Waals surface area contributed by atoms with Gasteiger partial charge < -0.3 is 10.2 Å². The van der Waals surface area contributed by atoms with Crippen LogP contribution in [-0.4, -0.2) is 22.2 Å². The Morgan fingerprint density at radius 1 is 1.12 bits per heavy atom. The van der Waals surface area contributed by atoms with Crippen LogP contribution < -0.4 is 0 Å². The molecule has 4 heteroatoms. The number of carbonyl (C=O) groups is 2. The van der Waals surface area contributed by atoms with E-state index >= 15 is 0 Å². The van der Waals surface area contributed by atoms with Crippen molar-refractivity contribution in [1.29, 1.82) is 0 Å². The summed E-state index contributed by atoms with van der Waals surface area (Å²) in [7, 11) is 0. The first kappa shape index (κ1) is 12.7. The van der Waals surface area contributed by atoms with Crippen molar-refractivity contribution in [3.05, 3.63) is 53.1 Å². The average molecular weight is 232 g/mol. The Balaban J connectivity index is 2.91. The SMILES string of the molecule is Cc1ccc(C=CC(=CC(=O)O)C(=O)O)cc1. The largest absolute Gasteiger partial charge is 0.478 e. The van der Waals surface area contributed by atoms with Crippen LogP contribution in [0.25, 0.3) is 6.08 Å². The van der Waals surface area contributed by atoms with Gasteiger partial charge in [-0.3, -0.25) is 0 Å². The summed E-state index contributed by atoms with van der Waals surface area (Å²) in [5.74, 6) is -2.55. The minimum Gasteiger partial charge on any atom is -0.478 e. The lowest BCUT2D eigenvalue weighted by molar-refractivity contribution is -0.134. The van der Waals surface area contributed by atoms with E-state index in [1.54, 1.807) is 6.08 Å². The van der Waals surface area contributed by atoms with E-state index in [-0.39, 0.29) is 5.57 Å². The highest BCUT2D eigenvalue weighted by molar-refractivity contribution is 5.97. The van der Waals surface area contributed by atoms with Crippen molar-refractivity contribution in [2.75, 3.05) is 0 Å². The number of hydrogen-bond acceptors (Lipinski definition) is 2. The molecule has 1 aromatic carbocycles. The molecule has 1 rings (SSSR count). The Bertz CT molecular complexity index is 481. The van der Waals surface area contributed by atoms with Crippen LogP contribution in [0.4, 0.5) is 0 Å². The summed E-state index contributed by atoms with van der Waals surface area (Å²) < 4.78 is 0. The van der Waals surface area contributed by atoms with Gasteiger partial charge in [0.1, 0.15) is 0 Å². The lowest BCUT2D eigenvalue weighted by Gasteiger charge is -1.96. The lowest BCUT2D eigenvalue weighted by atomic mass is 10.1. The van der Waals surface area contributed by atoms with E-state index in [1.165, 1.54) is 6.08 Å². The smallest absolute Gasteiger partial charge is 0.335 e. The molecule has 0 bridgehead atoms. The monoisotopic (exact) mass is 232 g/mol. The summed E-state index contributed by atoms with van der Waals surface area (Å²) >= 11 is 0. The van der Waals surface area contributed by atoms with Crippen molar-refractivity contribution in [2.45, 2.75) is 6.92 Å². The number of carboxylic acid groups (broad SMARTS) is 2. The molecule has 0 saturated heterocycles. The fourth-order valence-corrected chi connectivity index (χ4v) is 1.18. The Hall–Kier alpha value is -2.36. The van der Waals surface area contributed by atoms with E-state index in [1.807, 2.05) is 31.2 Å². The van der Waals surface area contributed by atoms with Crippen LogP contribution in [0.1, 0.15) is 11.1 Å². The van der Waals surface area contributed by atoms with Gasteiger partial charge in [-0.05, 0) is 18.6 Å². The summed E-state index contributed by atoms with van der Waals surface area (Å²) in [6, 6.07) is 7.43. The molecule has 0 atom stereocenters. The number of carboxylic acids is 2. The minimum atomic E-state index is -1.28. The molecule has 0 heterocycles. The van der Waals surface area contributed by atoms with Gasteiger partial charge in [0, 0.05) is 6.08 Å². The maximum Gasteiger partial charge on any atom is 0.335 e. The Labute approximate surface area is 98.5 Å².